The van der Waals surface area contributed by atoms with Gasteiger partial charge in [-0.3, -0.25) is 19.5 Å². The fourth-order valence-electron chi connectivity index (χ4n) is 3.65. The number of anilines is 1. The third-order valence-electron chi connectivity index (χ3n) is 5.50. The summed E-state index contributed by atoms with van der Waals surface area (Å²) in [7, 11) is 4.89. The topological polar surface area (TPSA) is 130 Å². The molecule has 2 heterocycles. The van der Waals surface area contributed by atoms with Gasteiger partial charge in [0.05, 0.1) is 24.0 Å². The molecule has 0 saturated carbocycles. The largest absolute Gasteiger partial charge is 0.444 e. The molecule has 36 heavy (non-hydrogen) atoms. The first-order valence-corrected chi connectivity index (χ1v) is 11.5. The van der Waals surface area contributed by atoms with Gasteiger partial charge in [0.2, 0.25) is 5.91 Å². The zero-order chi connectivity index (χ0) is 27.4. The lowest BCUT2D eigenvalue weighted by Crippen LogP contribution is -2.74. The number of rotatable bonds is 6. The zero-order valence-electron chi connectivity index (χ0n) is 22.4. The van der Waals surface area contributed by atoms with E-state index >= 15 is 0 Å². The Morgan fingerprint density at radius 2 is 1.81 bits per heavy atom. The van der Waals surface area contributed by atoms with Crippen LogP contribution in [-0.4, -0.2) is 65.6 Å². The van der Waals surface area contributed by atoms with Crippen LogP contribution in [0, 0.1) is 26.2 Å². The molecule has 0 radical (unpaired) electrons. The summed E-state index contributed by atoms with van der Waals surface area (Å²) in [5.74, 6) is 1.99. The van der Waals surface area contributed by atoms with E-state index in [9.17, 15) is 14.4 Å². The van der Waals surface area contributed by atoms with Crippen molar-refractivity contribution in [3.05, 3.63) is 34.8 Å². The van der Waals surface area contributed by atoms with Crippen LogP contribution in [0.15, 0.2) is 12.1 Å². The van der Waals surface area contributed by atoms with Crippen molar-refractivity contribution in [2.24, 2.45) is 0 Å². The van der Waals surface area contributed by atoms with E-state index in [4.69, 9.17) is 11.2 Å². The molecule has 192 valence electrons. The molecule has 10 nitrogen and oxygen atoms in total. The average Bonchev–Trinajstić information content (AvgIpc) is 2.80. The number of terminal acetylenes is 1. The van der Waals surface area contributed by atoms with E-state index in [0.29, 0.717) is 39.5 Å². The Balaban J connectivity index is 2.51. The van der Waals surface area contributed by atoms with Crippen LogP contribution in [0.4, 0.5) is 16.3 Å². The maximum atomic E-state index is 13.0. The van der Waals surface area contributed by atoms with Gasteiger partial charge in [-0.2, -0.15) is 0 Å². The molecular weight excluding hydrogens is 460 g/mol. The van der Waals surface area contributed by atoms with Crippen LogP contribution in [0.2, 0.25) is 0 Å². The lowest BCUT2D eigenvalue weighted by molar-refractivity contribution is -0.539. The van der Waals surface area contributed by atoms with Gasteiger partial charge in [0.1, 0.15) is 28.7 Å². The molecule has 0 aromatic carbocycles. The summed E-state index contributed by atoms with van der Waals surface area (Å²) in [4.78, 5) is 48.1. The third-order valence-corrected chi connectivity index (χ3v) is 5.50. The first-order chi connectivity index (χ1) is 16.7. The van der Waals surface area contributed by atoms with E-state index in [1.807, 2.05) is 19.3 Å². The smallest absolute Gasteiger partial charge is 0.410 e. The summed E-state index contributed by atoms with van der Waals surface area (Å²) < 4.78 is 5.34. The number of carbonyl (C=O) groups is 3. The van der Waals surface area contributed by atoms with Gasteiger partial charge >= 0.3 is 6.09 Å². The number of hydrogen-bond acceptors (Lipinski definition) is 6. The van der Waals surface area contributed by atoms with Gasteiger partial charge in [0.25, 0.3) is 5.91 Å². The summed E-state index contributed by atoms with van der Waals surface area (Å²) in [6.45, 7) is 10.5. The third kappa shape index (κ3) is 6.37. The summed E-state index contributed by atoms with van der Waals surface area (Å²) in [6, 6.07) is 2.52. The quantitative estimate of drug-likeness (QED) is 0.527. The van der Waals surface area contributed by atoms with Gasteiger partial charge in [-0.15, -0.1) is 6.42 Å². The van der Waals surface area contributed by atoms with Crippen LogP contribution >= 0.6 is 0 Å². The van der Waals surface area contributed by atoms with Crippen molar-refractivity contribution in [2.75, 3.05) is 26.5 Å². The van der Waals surface area contributed by atoms with E-state index in [1.165, 1.54) is 11.9 Å². The highest BCUT2D eigenvalue weighted by molar-refractivity contribution is 6.02. The van der Waals surface area contributed by atoms with Crippen LogP contribution in [0.5, 0.6) is 0 Å². The van der Waals surface area contributed by atoms with Crippen LogP contribution in [0.25, 0.3) is 11.1 Å². The van der Waals surface area contributed by atoms with E-state index in [-0.39, 0.29) is 11.7 Å². The molecule has 1 unspecified atom stereocenters. The molecule has 2 rings (SSSR count). The summed E-state index contributed by atoms with van der Waals surface area (Å²) in [5, 5.41) is 7.24. The predicted molar refractivity (Wildman–Crippen MR) is 138 cm³/mol. The van der Waals surface area contributed by atoms with Crippen molar-refractivity contribution < 1.29 is 24.4 Å². The number of nitrogens with two attached hydrogens (primary N) is 1. The zero-order valence-corrected chi connectivity index (χ0v) is 22.4. The molecule has 1 atom stereocenters. The summed E-state index contributed by atoms with van der Waals surface area (Å²) in [5.41, 5.74) is 3.39. The minimum absolute atomic E-state index is 0.207. The highest BCUT2D eigenvalue weighted by atomic mass is 16.6. The molecule has 3 amide bonds. The van der Waals surface area contributed by atoms with Crippen LogP contribution in [0.3, 0.4) is 0 Å². The molecule has 0 fully saturated rings. The van der Waals surface area contributed by atoms with Crippen molar-refractivity contribution in [3.63, 3.8) is 0 Å². The minimum atomic E-state index is -0.846. The molecule has 0 bridgehead atoms. The van der Waals surface area contributed by atoms with Gasteiger partial charge in [-0.05, 0) is 59.2 Å². The van der Waals surface area contributed by atoms with E-state index in [2.05, 4.69) is 26.5 Å². The van der Waals surface area contributed by atoms with Crippen LogP contribution in [0.1, 0.15) is 55.1 Å². The number of nitrogens with one attached hydrogen (secondary N) is 2. The molecule has 10 heteroatoms. The summed E-state index contributed by atoms with van der Waals surface area (Å²) >= 11 is 0. The number of aromatic nitrogens is 2. The number of aryl methyl sites for hydroxylation is 2. The molecule has 0 aliphatic carbocycles. The number of hydrogen-bond donors (Lipinski definition) is 3. The predicted octanol–water partition coefficient (Wildman–Crippen LogP) is 2.12. The van der Waals surface area contributed by atoms with Crippen LogP contribution < -0.4 is 16.0 Å². The van der Waals surface area contributed by atoms with Gasteiger partial charge in [0.15, 0.2) is 5.69 Å². The Labute approximate surface area is 212 Å². The average molecular weight is 496 g/mol. The highest BCUT2D eigenvalue weighted by Gasteiger charge is 2.28. The molecule has 0 aliphatic heterocycles. The Kier molecular flexibility index (Phi) is 8.78. The molecule has 2 aromatic heterocycles. The number of likely N-dealkylation sites (N-methyl/N-ethyl adjacent to an activating group) is 1. The molecule has 0 spiro atoms. The minimum Gasteiger partial charge on any atom is -0.444 e. The van der Waals surface area contributed by atoms with Gasteiger partial charge in [-0.1, -0.05) is 5.92 Å². The Morgan fingerprint density at radius 3 is 2.33 bits per heavy atom. The Hall–Kier alpha value is -3.97. The van der Waals surface area contributed by atoms with Crippen molar-refractivity contribution in [2.45, 2.75) is 53.2 Å². The molecular formula is C26H35N6O4+. The second-order valence-corrected chi connectivity index (χ2v) is 9.34. The SMILES string of the molecule is C#Cc1cc(-c2c(C)nc(C)c(C(=O)NC)c2[NH2+]C)cc(NC(=O)C(C)N(C)C(=O)OC(C)(C)C)n1. The van der Waals surface area contributed by atoms with Crippen molar-refractivity contribution in [3.8, 4) is 23.5 Å². The first-order valence-electron chi connectivity index (χ1n) is 11.5. The molecule has 0 saturated heterocycles. The van der Waals surface area contributed by atoms with Gasteiger partial charge in [-0.25, -0.2) is 9.78 Å². The number of nitrogens with zero attached hydrogens (tertiary/aromatic N) is 3. The van der Waals surface area contributed by atoms with Gasteiger partial charge in [0, 0.05) is 14.1 Å². The second kappa shape index (κ2) is 11.2. The summed E-state index contributed by atoms with van der Waals surface area (Å²) in [6.07, 6.45) is 5.03. The lowest BCUT2D eigenvalue weighted by atomic mass is 9.97. The normalized spacial score (nSPS) is 11.8. The van der Waals surface area contributed by atoms with E-state index in [1.54, 1.807) is 53.8 Å². The fourth-order valence-corrected chi connectivity index (χ4v) is 3.65. The van der Waals surface area contributed by atoms with Crippen molar-refractivity contribution >= 4 is 29.4 Å². The Morgan fingerprint density at radius 1 is 1.17 bits per heavy atom. The number of ether oxygens (including phenoxy) is 1. The number of carbonyl (C=O) groups excluding carboxylic acids is 3. The highest BCUT2D eigenvalue weighted by Crippen LogP contribution is 2.33. The maximum absolute atomic E-state index is 13.0. The van der Waals surface area contributed by atoms with E-state index in [0.717, 1.165) is 0 Å². The standard InChI is InChI=1S/C26H34N6O4/c1-11-18-12-17(20-14(2)29-15(3)21(22(20)27-8)24(34)28-9)13-19(30-18)31-23(33)16(4)32(10)25(35)36-26(5,6)7/h1,12-13,16H,2-10H3,(H,27,29)(H,28,34)(H,30,31,33)/p+1. The van der Waals surface area contributed by atoms with Crippen LogP contribution in [-0.2, 0) is 9.53 Å². The maximum Gasteiger partial charge on any atom is 0.410 e. The lowest BCUT2D eigenvalue weighted by Gasteiger charge is -2.28. The van der Waals surface area contributed by atoms with Crippen molar-refractivity contribution in [1.29, 1.82) is 0 Å². The van der Waals surface area contributed by atoms with Crippen molar-refractivity contribution in [1.82, 2.24) is 20.2 Å². The number of pyridine rings is 2. The molecule has 2 aromatic rings. The monoisotopic (exact) mass is 495 g/mol. The first kappa shape index (κ1) is 28.3. The fraction of sp³-hybridized carbons (Fsp3) is 0.423. The second-order valence-electron chi connectivity index (χ2n) is 9.34. The Bertz CT molecular complexity index is 1230. The molecule has 0 aliphatic rings. The molecule has 4 N–H and O–H groups in total. The number of amides is 3. The van der Waals surface area contributed by atoms with E-state index < -0.39 is 23.6 Å². The van der Waals surface area contributed by atoms with Gasteiger partial charge < -0.3 is 20.7 Å². The number of quaternary nitrogens is 1.